The van der Waals surface area contributed by atoms with Gasteiger partial charge in [-0.05, 0) is 72.6 Å². The van der Waals surface area contributed by atoms with Gasteiger partial charge in [0.25, 0.3) is 0 Å². The van der Waals surface area contributed by atoms with E-state index in [-0.39, 0.29) is 0 Å². The van der Waals surface area contributed by atoms with Gasteiger partial charge in [0.15, 0.2) is 0 Å². The van der Waals surface area contributed by atoms with Gasteiger partial charge in [-0.3, -0.25) is 0 Å². The molecule has 1 atom stereocenters. The van der Waals surface area contributed by atoms with Crippen molar-refractivity contribution in [3.8, 4) is 0 Å². The van der Waals surface area contributed by atoms with Crippen molar-refractivity contribution >= 4 is 14.5 Å². The van der Waals surface area contributed by atoms with Crippen molar-refractivity contribution in [3.05, 3.63) is 29.8 Å². The lowest BCUT2D eigenvalue weighted by molar-refractivity contribution is -0.00517. The van der Waals surface area contributed by atoms with E-state index in [1.165, 1.54) is 24.6 Å². The highest BCUT2D eigenvalue weighted by molar-refractivity contribution is 7.27. The zero-order valence-electron chi connectivity index (χ0n) is 10.4. The number of benzene rings is 1. The summed E-state index contributed by atoms with van der Waals surface area (Å²) in [4.78, 5) is 0. The molecular formula is C16H21P. The Morgan fingerprint density at radius 2 is 1.29 bits per heavy atom. The van der Waals surface area contributed by atoms with Gasteiger partial charge < -0.3 is 0 Å². The lowest BCUT2D eigenvalue weighted by atomic mass is 9.48. The third-order valence-electron chi connectivity index (χ3n) is 5.56. The number of hydrogen-bond acceptors (Lipinski definition) is 0. The molecule has 1 aromatic carbocycles. The van der Waals surface area contributed by atoms with Crippen LogP contribution < -0.4 is 5.30 Å². The summed E-state index contributed by atoms with van der Waals surface area (Å²) in [5.41, 5.74) is 2.22. The monoisotopic (exact) mass is 244 g/mol. The van der Waals surface area contributed by atoms with Crippen LogP contribution in [0, 0.1) is 17.8 Å². The molecule has 0 amide bonds. The van der Waals surface area contributed by atoms with Gasteiger partial charge in [0.05, 0.1) is 0 Å². The summed E-state index contributed by atoms with van der Waals surface area (Å²) >= 11 is 0. The molecule has 0 spiro atoms. The van der Waals surface area contributed by atoms with Crippen LogP contribution >= 0.6 is 9.24 Å². The first-order valence-corrected chi connectivity index (χ1v) is 7.67. The number of hydrogen-bond donors (Lipinski definition) is 0. The molecule has 0 N–H and O–H groups in total. The Morgan fingerprint density at radius 3 is 1.76 bits per heavy atom. The van der Waals surface area contributed by atoms with Gasteiger partial charge in [-0.1, -0.05) is 24.3 Å². The molecule has 0 nitrogen and oxygen atoms in total. The fraction of sp³-hybridized carbons (Fsp3) is 0.625. The first-order chi connectivity index (χ1) is 8.23. The second-order valence-corrected chi connectivity index (χ2v) is 7.49. The molecule has 0 aromatic heterocycles. The lowest BCUT2D eigenvalue weighted by Gasteiger charge is -2.57. The van der Waals surface area contributed by atoms with Crippen LogP contribution in [0.25, 0.3) is 0 Å². The zero-order valence-corrected chi connectivity index (χ0v) is 11.5. The fourth-order valence-electron chi connectivity index (χ4n) is 5.30. The maximum atomic E-state index is 2.80. The van der Waals surface area contributed by atoms with Crippen molar-refractivity contribution in [2.24, 2.45) is 17.8 Å². The van der Waals surface area contributed by atoms with E-state index in [0.717, 1.165) is 17.8 Å². The van der Waals surface area contributed by atoms with E-state index in [0.29, 0.717) is 5.41 Å². The van der Waals surface area contributed by atoms with Gasteiger partial charge >= 0.3 is 0 Å². The van der Waals surface area contributed by atoms with E-state index in [1.54, 1.807) is 24.8 Å². The van der Waals surface area contributed by atoms with Crippen molar-refractivity contribution in [2.75, 3.05) is 0 Å². The summed E-state index contributed by atoms with van der Waals surface area (Å²) in [5, 5.41) is 1.32. The van der Waals surface area contributed by atoms with Gasteiger partial charge in [-0.2, -0.15) is 0 Å². The van der Waals surface area contributed by atoms with E-state index in [4.69, 9.17) is 0 Å². The summed E-state index contributed by atoms with van der Waals surface area (Å²) in [6.45, 7) is 0. The predicted octanol–water partition coefficient (Wildman–Crippen LogP) is 3.65. The van der Waals surface area contributed by atoms with Crippen molar-refractivity contribution in [2.45, 2.75) is 43.9 Å². The molecule has 4 aliphatic carbocycles. The van der Waals surface area contributed by atoms with E-state index in [1.807, 2.05) is 0 Å². The first kappa shape index (κ1) is 10.6. The smallest absolute Gasteiger partial charge is 0.00391 e. The molecule has 0 aliphatic heterocycles. The molecule has 1 heteroatoms. The molecule has 4 bridgehead atoms. The highest BCUT2D eigenvalue weighted by atomic mass is 31.0. The third-order valence-corrected chi connectivity index (χ3v) is 5.95. The molecule has 4 saturated carbocycles. The molecule has 90 valence electrons. The SMILES string of the molecule is Pc1ccc(C23CC4CC(CC(C4)C2)C3)cc1. The Morgan fingerprint density at radius 1 is 0.824 bits per heavy atom. The summed E-state index contributed by atoms with van der Waals surface area (Å²) in [5.74, 6) is 3.16. The molecule has 4 aliphatic rings. The van der Waals surface area contributed by atoms with Gasteiger partial charge in [0.2, 0.25) is 0 Å². The van der Waals surface area contributed by atoms with Crippen LogP contribution in [0.1, 0.15) is 44.1 Å². The summed E-state index contributed by atoms with van der Waals surface area (Å²) in [6.07, 6.45) is 9.07. The van der Waals surface area contributed by atoms with Crippen LogP contribution in [0.3, 0.4) is 0 Å². The van der Waals surface area contributed by atoms with Gasteiger partial charge in [-0.25, -0.2) is 0 Å². The van der Waals surface area contributed by atoms with Crippen LogP contribution in [0.5, 0.6) is 0 Å². The molecule has 5 rings (SSSR count). The van der Waals surface area contributed by atoms with Crippen LogP contribution in [0.15, 0.2) is 24.3 Å². The Kier molecular flexibility index (Phi) is 2.22. The minimum atomic E-state index is 0.577. The maximum absolute atomic E-state index is 2.80. The topological polar surface area (TPSA) is 0 Å². The Balaban J connectivity index is 1.74. The van der Waals surface area contributed by atoms with Gasteiger partial charge in [-0.15, -0.1) is 9.24 Å². The minimum absolute atomic E-state index is 0.577. The highest BCUT2D eigenvalue weighted by Crippen LogP contribution is 2.60. The van der Waals surface area contributed by atoms with Crippen LogP contribution in [0.2, 0.25) is 0 Å². The minimum Gasteiger partial charge on any atom is -0.106 e. The third kappa shape index (κ3) is 1.60. The second kappa shape index (κ2) is 3.58. The van der Waals surface area contributed by atoms with Gasteiger partial charge in [0.1, 0.15) is 0 Å². The van der Waals surface area contributed by atoms with Gasteiger partial charge in [0, 0.05) is 0 Å². The largest absolute Gasteiger partial charge is 0.106 e. The lowest BCUT2D eigenvalue weighted by Crippen LogP contribution is -2.48. The highest BCUT2D eigenvalue weighted by Gasteiger charge is 2.51. The summed E-state index contributed by atoms with van der Waals surface area (Å²) in [6, 6.07) is 9.35. The second-order valence-electron chi connectivity index (χ2n) is 6.82. The van der Waals surface area contributed by atoms with E-state index in [2.05, 4.69) is 33.5 Å². The van der Waals surface area contributed by atoms with Crippen molar-refractivity contribution < 1.29 is 0 Å². The fourth-order valence-corrected chi connectivity index (χ4v) is 5.49. The average Bonchev–Trinajstić information content (AvgIpc) is 2.27. The zero-order chi connectivity index (χ0) is 11.5. The molecule has 4 fully saturated rings. The van der Waals surface area contributed by atoms with Crippen LogP contribution in [0.4, 0.5) is 0 Å². The summed E-state index contributed by atoms with van der Waals surface area (Å²) in [7, 11) is 2.80. The molecular weight excluding hydrogens is 223 g/mol. The Hall–Kier alpha value is -0.350. The van der Waals surface area contributed by atoms with E-state index in [9.17, 15) is 0 Å². The predicted molar refractivity (Wildman–Crippen MR) is 75.6 cm³/mol. The Bertz CT molecular complexity index is 396. The molecule has 0 heterocycles. The van der Waals surface area contributed by atoms with E-state index >= 15 is 0 Å². The molecule has 1 aromatic rings. The van der Waals surface area contributed by atoms with E-state index < -0.39 is 0 Å². The number of rotatable bonds is 1. The standard InChI is InChI=1S/C16H21P/c17-15-3-1-14(2-4-15)16-8-11-5-12(9-16)7-13(6-11)10-16/h1-4,11-13H,5-10,17H2. The summed E-state index contributed by atoms with van der Waals surface area (Å²) < 4.78 is 0. The van der Waals surface area contributed by atoms with Crippen LogP contribution in [-0.2, 0) is 5.41 Å². The quantitative estimate of drug-likeness (QED) is 0.661. The molecule has 0 saturated heterocycles. The normalized spacial score (nSPS) is 43.0. The van der Waals surface area contributed by atoms with Crippen molar-refractivity contribution in [1.82, 2.24) is 0 Å². The van der Waals surface area contributed by atoms with Crippen LogP contribution in [-0.4, -0.2) is 0 Å². The Labute approximate surface area is 106 Å². The molecule has 0 radical (unpaired) electrons. The molecule has 17 heavy (non-hydrogen) atoms. The van der Waals surface area contributed by atoms with Crippen molar-refractivity contribution in [1.29, 1.82) is 0 Å². The average molecular weight is 244 g/mol. The van der Waals surface area contributed by atoms with Crippen molar-refractivity contribution in [3.63, 3.8) is 0 Å². The molecule has 1 unspecified atom stereocenters. The maximum Gasteiger partial charge on any atom is -0.00391 e. The first-order valence-electron chi connectivity index (χ1n) is 7.09.